The second kappa shape index (κ2) is 5.81. The SMILES string of the molecule is Cc1ccc(-c2csc(-c3ccc(C(F)(F)F)cc3)n2)c(C)c1. The lowest BCUT2D eigenvalue weighted by Gasteiger charge is -2.06. The zero-order valence-electron chi connectivity index (χ0n) is 12.6. The maximum Gasteiger partial charge on any atom is 0.416 e. The summed E-state index contributed by atoms with van der Waals surface area (Å²) in [5, 5.41) is 2.65. The molecule has 0 saturated carbocycles. The molecule has 3 aromatic rings. The van der Waals surface area contributed by atoms with Crippen molar-refractivity contribution < 1.29 is 13.2 Å². The number of aromatic nitrogens is 1. The van der Waals surface area contributed by atoms with Gasteiger partial charge in [-0.1, -0.05) is 35.9 Å². The van der Waals surface area contributed by atoms with Gasteiger partial charge in [0.05, 0.1) is 11.3 Å². The number of hydrogen-bond acceptors (Lipinski definition) is 2. The molecule has 1 heterocycles. The van der Waals surface area contributed by atoms with Crippen LogP contribution in [-0.4, -0.2) is 4.98 Å². The predicted octanol–water partition coefficient (Wildman–Crippen LogP) is 6.11. The molecule has 1 nitrogen and oxygen atoms in total. The molecule has 0 unspecified atom stereocenters. The number of rotatable bonds is 2. The van der Waals surface area contributed by atoms with Gasteiger partial charge in [0.1, 0.15) is 5.01 Å². The highest BCUT2D eigenvalue weighted by Gasteiger charge is 2.30. The lowest BCUT2D eigenvalue weighted by molar-refractivity contribution is -0.137. The second-order valence-corrected chi connectivity index (χ2v) is 6.29. The summed E-state index contributed by atoms with van der Waals surface area (Å²) in [6, 6.07) is 11.3. The first kappa shape index (κ1) is 15.7. The molecule has 2 aromatic carbocycles. The highest BCUT2D eigenvalue weighted by molar-refractivity contribution is 7.13. The van der Waals surface area contributed by atoms with Gasteiger partial charge in [0.25, 0.3) is 0 Å². The van der Waals surface area contributed by atoms with Gasteiger partial charge in [-0.05, 0) is 31.5 Å². The van der Waals surface area contributed by atoms with E-state index in [1.807, 2.05) is 31.4 Å². The van der Waals surface area contributed by atoms with Crippen LogP contribution in [0.5, 0.6) is 0 Å². The minimum Gasteiger partial charge on any atom is -0.236 e. The highest BCUT2D eigenvalue weighted by atomic mass is 32.1. The quantitative estimate of drug-likeness (QED) is 0.551. The molecule has 0 atom stereocenters. The average molecular weight is 333 g/mol. The molecule has 0 fully saturated rings. The number of aryl methyl sites for hydroxylation is 2. The summed E-state index contributed by atoms with van der Waals surface area (Å²) in [5.74, 6) is 0. The van der Waals surface area contributed by atoms with Gasteiger partial charge in [-0.2, -0.15) is 13.2 Å². The lowest BCUT2D eigenvalue weighted by Crippen LogP contribution is -2.03. The first-order chi connectivity index (χ1) is 10.8. The fourth-order valence-electron chi connectivity index (χ4n) is 2.43. The Kier molecular flexibility index (Phi) is 3.98. The van der Waals surface area contributed by atoms with E-state index in [2.05, 4.69) is 11.1 Å². The van der Waals surface area contributed by atoms with Gasteiger partial charge in [0.2, 0.25) is 0 Å². The van der Waals surface area contributed by atoms with Gasteiger partial charge in [0, 0.05) is 16.5 Å². The first-order valence-electron chi connectivity index (χ1n) is 7.05. The number of thiazole rings is 1. The number of nitrogens with zero attached hydrogens (tertiary/aromatic N) is 1. The molecule has 0 N–H and O–H groups in total. The molecule has 0 aliphatic carbocycles. The fraction of sp³-hybridized carbons (Fsp3) is 0.167. The summed E-state index contributed by atoms with van der Waals surface area (Å²) in [6.45, 7) is 4.06. The molecular weight excluding hydrogens is 319 g/mol. The van der Waals surface area contributed by atoms with Gasteiger partial charge in [-0.15, -0.1) is 11.3 Å². The van der Waals surface area contributed by atoms with Gasteiger partial charge >= 0.3 is 6.18 Å². The van der Waals surface area contributed by atoms with Crippen LogP contribution in [0, 0.1) is 13.8 Å². The van der Waals surface area contributed by atoms with Crippen molar-refractivity contribution >= 4 is 11.3 Å². The van der Waals surface area contributed by atoms with E-state index < -0.39 is 11.7 Å². The first-order valence-corrected chi connectivity index (χ1v) is 7.93. The van der Waals surface area contributed by atoms with Gasteiger partial charge in [0.15, 0.2) is 0 Å². The summed E-state index contributed by atoms with van der Waals surface area (Å²) < 4.78 is 37.8. The molecule has 23 heavy (non-hydrogen) atoms. The van der Waals surface area contributed by atoms with Crippen molar-refractivity contribution in [2.45, 2.75) is 20.0 Å². The van der Waals surface area contributed by atoms with Gasteiger partial charge in [-0.25, -0.2) is 4.98 Å². The van der Waals surface area contributed by atoms with E-state index in [0.717, 1.165) is 29.0 Å². The van der Waals surface area contributed by atoms with E-state index in [1.165, 1.54) is 29.0 Å². The van der Waals surface area contributed by atoms with E-state index in [-0.39, 0.29) is 0 Å². The Morgan fingerprint density at radius 2 is 1.65 bits per heavy atom. The third-order valence-corrected chi connectivity index (χ3v) is 4.51. The van der Waals surface area contributed by atoms with Crippen LogP contribution in [0.2, 0.25) is 0 Å². The van der Waals surface area contributed by atoms with Crippen LogP contribution >= 0.6 is 11.3 Å². The van der Waals surface area contributed by atoms with Gasteiger partial charge in [-0.3, -0.25) is 0 Å². The van der Waals surface area contributed by atoms with Crippen molar-refractivity contribution in [1.29, 1.82) is 0 Å². The Morgan fingerprint density at radius 3 is 2.26 bits per heavy atom. The van der Waals surface area contributed by atoms with Crippen molar-refractivity contribution in [2.75, 3.05) is 0 Å². The standard InChI is InChI=1S/C18H14F3NS/c1-11-3-8-15(12(2)9-11)16-10-23-17(22-16)13-4-6-14(7-5-13)18(19,20)21/h3-10H,1-2H3. The molecule has 0 bridgehead atoms. The summed E-state index contributed by atoms with van der Waals surface area (Å²) in [4.78, 5) is 4.57. The number of hydrogen-bond donors (Lipinski definition) is 0. The maximum absolute atomic E-state index is 12.6. The molecule has 0 radical (unpaired) electrons. The summed E-state index contributed by atoms with van der Waals surface area (Å²) in [6.07, 6.45) is -4.31. The zero-order chi connectivity index (χ0) is 16.6. The van der Waals surface area contributed by atoms with E-state index in [4.69, 9.17) is 0 Å². The summed E-state index contributed by atoms with van der Waals surface area (Å²) in [5.41, 5.74) is 4.26. The maximum atomic E-state index is 12.6. The van der Waals surface area contributed by atoms with Crippen LogP contribution in [0.3, 0.4) is 0 Å². The molecule has 3 rings (SSSR count). The Balaban J connectivity index is 1.93. The molecule has 0 aliphatic rings. The molecule has 0 spiro atoms. The van der Waals surface area contributed by atoms with E-state index in [0.29, 0.717) is 10.6 Å². The summed E-state index contributed by atoms with van der Waals surface area (Å²) in [7, 11) is 0. The van der Waals surface area contributed by atoms with E-state index >= 15 is 0 Å². The number of halogens is 3. The third-order valence-electron chi connectivity index (χ3n) is 3.62. The minimum atomic E-state index is -4.31. The molecule has 0 saturated heterocycles. The van der Waals surface area contributed by atoms with Crippen molar-refractivity contribution in [3.8, 4) is 21.8 Å². The minimum absolute atomic E-state index is 0.646. The normalized spacial score (nSPS) is 11.7. The van der Waals surface area contributed by atoms with Crippen LogP contribution in [0.1, 0.15) is 16.7 Å². The van der Waals surface area contributed by atoms with Crippen LogP contribution in [0.4, 0.5) is 13.2 Å². The lowest BCUT2D eigenvalue weighted by atomic mass is 10.0. The monoisotopic (exact) mass is 333 g/mol. The average Bonchev–Trinajstić information content (AvgIpc) is 2.96. The van der Waals surface area contributed by atoms with Crippen LogP contribution in [0.25, 0.3) is 21.8 Å². The molecule has 0 aliphatic heterocycles. The molecular formula is C18H14F3NS. The zero-order valence-corrected chi connectivity index (χ0v) is 13.4. The second-order valence-electron chi connectivity index (χ2n) is 5.43. The molecule has 5 heteroatoms. The van der Waals surface area contributed by atoms with Gasteiger partial charge < -0.3 is 0 Å². The predicted molar refractivity (Wildman–Crippen MR) is 87.5 cm³/mol. The molecule has 0 amide bonds. The summed E-state index contributed by atoms with van der Waals surface area (Å²) >= 11 is 1.43. The van der Waals surface area contributed by atoms with Crippen molar-refractivity contribution in [1.82, 2.24) is 4.98 Å². The van der Waals surface area contributed by atoms with Crippen LogP contribution < -0.4 is 0 Å². The van der Waals surface area contributed by atoms with Crippen molar-refractivity contribution in [3.63, 3.8) is 0 Å². The third kappa shape index (κ3) is 3.29. The Bertz CT molecular complexity index is 832. The Labute approximate surface area is 136 Å². The largest absolute Gasteiger partial charge is 0.416 e. The van der Waals surface area contributed by atoms with Crippen LogP contribution in [0.15, 0.2) is 47.8 Å². The number of alkyl halides is 3. The van der Waals surface area contributed by atoms with Crippen molar-refractivity contribution in [3.05, 3.63) is 64.5 Å². The Morgan fingerprint density at radius 1 is 0.957 bits per heavy atom. The Hall–Kier alpha value is -2.14. The molecule has 118 valence electrons. The van der Waals surface area contributed by atoms with E-state index in [1.54, 1.807) is 0 Å². The fourth-order valence-corrected chi connectivity index (χ4v) is 3.26. The smallest absolute Gasteiger partial charge is 0.236 e. The van der Waals surface area contributed by atoms with E-state index in [9.17, 15) is 13.2 Å². The highest BCUT2D eigenvalue weighted by Crippen LogP contribution is 2.33. The molecule has 1 aromatic heterocycles. The van der Waals surface area contributed by atoms with Crippen LogP contribution in [-0.2, 0) is 6.18 Å². The number of benzene rings is 2. The van der Waals surface area contributed by atoms with Crippen molar-refractivity contribution in [2.24, 2.45) is 0 Å². The topological polar surface area (TPSA) is 12.9 Å².